The lowest BCUT2D eigenvalue weighted by atomic mass is 10.1. The van der Waals surface area contributed by atoms with Crippen molar-refractivity contribution in [3.05, 3.63) is 120 Å². The van der Waals surface area contributed by atoms with E-state index >= 15 is 0 Å². The molecule has 3 aromatic carbocycles. The lowest BCUT2D eigenvalue weighted by Crippen LogP contribution is -2.20. The molecule has 0 aliphatic carbocycles. The van der Waals surface area contributed by atoms with Crippen molar-refractivity contribution >= 4 is 12.2 Å². The van der Waals surface area contributed by atoms with E-state index in [0.717, 1.165) is 17.5 Å². The molecule has 0 fully saturated rings. The van der Waals surface area contributed by atoms with E-state index in [2.05, 4.69) is 48.6 Å². The minimum Gasteiger partial charge on any atom is -0.348 e. The molecule has 3 aromatic rings. The summed E-state index contributed by atoms with van der Waals surface area (Å²) in [4.78, 5) is 0. The highest BCUT2D eigenvalue weighted by molar-refractivity contribution is 5.49. The van der Waals surface area contributed by atoms with Crippen LogP contribution in [0.5, 0.6) is 0 Å². The van der Waals surface area contributed by atoms with Gasteiger partial charge in [-0.1, -0.05) is 115 Å². The van der Waals surface area contributed by atoms with E-state index in [4.69, 9.17) is 9.47 Å². The van der Waals surface area contributed by atoms with Crippen LogP contribution in [0, 0.1) is 0 Å². The van der Waals surface area contributed by atoms with Gasteiger partial charge in [0.15, 0.2) is 6.29 Å². The second kappa shape index (κ2) is 11.7. The zero-order valence-corrected chi connectivity index (χ0v) is 16.0. The predicted molar refractivity (Wildman–Crippen MR) is 117 cm³/mol. The Hall–Kier alpha value is -2.94. The third-order valence-corrected chi connectivity index (χ3v) is 4.22. The van der Waals surface area contributed by atoms with Crippen LogP contribution in [-0.4, -0.2) is 19.5 Å². The van der Waals surface area contributed by atoms with E-state index < -0.39 is 0 Å². The monoisotopic (exact) mass is 370 g/mol. The second-order valence-corrected chi connectivity index (χ2v) is 6.41. The minimum atomic E-state index is -0.289. The maximum Gasteiger partial charge on any atom is 0.162 e. The average molecular weight is 370 g/mol. The van der Waals surface area contributed by atoms with Gasteiger partial charge in [-0.3, -0.25) is 0 Å². The van der Waals surface area contributed by atoms with Crippen molar-refractivity contribution in [2.24, 2.45) is 0 Å². The van der Waals surface area contributed by atoms with Crippen molar-refractivity contribution < 1.29 is 9.47 Å². The quantitative estimate of drug-likeness (QED) is 0.407. The summed E-state index contributed by atoms with van der Waals surface area (Å²) in [5.74, 6) is 0. The van der Waals surface area contributed by atoms with Gasteiger partial charge in [-0.05, 0) is 16.7 Å². The van der Waals surface area contributed by atoms with Gasteiger partial charge >= 0.3 is 0 Å². The summed E-state index contributed by atoms with van der Waals surface area (Å²) in [6, 6.07) is 30.7. The molecule has 0 spiro atoms. The van der Waals surface area contributed by atoms with Crippen molar-refractivity contribution in [2.75, 3.05) is 13.2 Å². The highest BCUT2D eigenvalue weighted by Gasteiger charge is 2.09. The summed E-state index contributed by atoms with van der Waals surface area (Å²) in [6.07, 6.45) is 8.61. The molecule has 0 unspecified atom stereocenters. The molecule has 0 atom stereocenters. The summed E-state index contributed by atoms with van der Waals surface area (Å²) in [7, 11) is 0. The first-order valence-electron chi connectivity index (χ1n) is 9.60. The molecule has 0 saturated heterocycles. The topological polar surface area (TPSA) is 18.5 Å². The largest absolute Gasteiger partial charge is 0.348 e. The van der Waals surface area contributed by atoms with Crippen LogP contribution >= 0.6 is 0 Å². The van der Waals surface area contributed by atoms with Crippen LogP contribution in [0.2, 0.25) is 0 Å². The SMILES string of the molecule is C(=Cc1ccccc1)COC(Cc1ccccc1)OCC=Cc1ccccc1. The number of benzene rings is 3. The molecule has 0 N–H and O–H groups in total. The van der Waals surface area contributed by atoms with Crippen LogP contribution in [0.3, 0.4) is 0 Å². The Morgan fingerprint density at radius 1 is 0.571 bits per heavy atom. The fourth-order valence-electron chi connectivity index (χ4n) is 2.79. The molecular weight excluding hydrogens is 344 g/mol. The van der Waals surface area contributed by atoms with Crippen molar-refractivity contribution in [3.8, 4) is 0 Å². The van der Waals surface area contributed by atoms with Gasteiger partial charge in [0, 0.05) is 6.42 Å². The molecule has 28 heavy (non-hydrogen) atoms. The second-order valence-electron chi connectivity index (χ2n) is 6.41. The molecule has 2 heteroatoms. The van der Waals surface area contributed by atoms with Gasteiger partial charge in [-0.15, -0.1) is 0 Å². The molecular formula is C26H26O2. The predicted octanol–water partition coefficient (Wildman–Crippen LogP) is 6.02. The number of ether oxygens (including phenoxy) is 2. The highest BCUT2D eigenvalue weighted by Crippen LogP contribution is 2.09. The average Bonchev–Trinajstić information content (AvgIpc) is 2.76. The Labute approximate surface area is 167 Å². The minimum absolute atomic E-state index is 0.289. The first kappa shape index (κ1) is 19.8. The normalized spacial score (nSPS) is 12.6. The van der Waals surface area contributed by atoms with Gasteiger partial charge in [0.25, 0.3) is 0 Å². The molecule has 0 heterocycles. The molecule has 0 saturated carbocycles. The van der Waals surface area contributed by atoms with Gasteiger partial charge in [0.05, 0.1) is 13.2 Å². The van der Waals surface area contributed by atoms with E-state index in [0.29, 0.717) is 13.2 Å². The van der Waals surface area contributed by atoms with Crippen molar-refractivity contribution in [2.45, 2.75) is 12.7 Å². The Bertz CT molecular complexity index is 786. The molecule has 0 aliphatic heterocycles. The van der Waals surface area contributed by atoms with Gasteiger partial charge in [0.2, 0.25) is 0 Å². The van der Waals surface area contributed by atoms with Crippen LogP contribution in [0.15, 0.2) is 103 Å². The van der Waals surface area contributed by atoms with Gasteiger partial charge < -0.3 is 9.47 Å². The Morgan fingerprint density at radius 2 is 1.00 bits per heavy atom. The Balaban J connectivity index is 1.52. The molecule has 0 bridgehead atoms. The van der Waals surface area contributed by atoms with Crippen LogP contribution in [0.25, 0.3) is 12.2 Å². The maximum atomic E-state index is 5.98. The smallest absolute Gasteiger partial charge is 0.162 e. The third-order valence-electron chi connectivity index (χ3n) is 4.22. The van der Waals surface area contributed by atoms with Crippen molar-refractivity contribution in [1.82, 2.24) is 0 Å². The maximum absolute atomic E-state index is 5.98. The fraction of sp³-hybridized carbons (Fsp3) is 0.154. The molecule has 0 aromatic heterocycles. The van der Waals surface area contributed by atoms with Crippen LogP contribution in [-0.2, 0) is 15.9 Å². The number of hydrogen-bond donors (Lipinski definition) is 0. The Morgan fingerprint density at radius 3 is 1.46 bits per heavy atom. The summed E-state index contributed by atoms with van der Waals surface area (Å²) in [6.45, 7) is 1.02. The Kier molecular flexibility index (Phi) is 8.28. The summed E-state index contributed by atoms with van der Waals surface area (Å²) >= 11 is 0. The lowest BCUT2D eigenvalue weighted by Gasteiger charge is -2.17. The first-order valence-corrected chi connectivity index (χ1v) is 9.60. The molecule has 142 valence electrons. The van der Waals surface area contributed by atoms with Gasteiger partial charge in [-0.25, -0.2) is 0 Å². The molecule has 3 rings (SSSR count). The standard InChI is InChI=1S/C26H26O2/c1-4-12-23(13-5-1)18-10-20-27-26(22-25-16-8-3-9-17-25)28-21-11-19-24-14-6-2-7-15-24/h1-19,26H,20-22H2. The van der Waals surface area contributed by atoms with Crippen LogP contribution in [0.4, 0.5) is 0 Å². The summed E-state index contributed by atoms with van der Waals surface area (Å²) < 4.78 is 12.0. The number of rotatable bonds is 10. The zero-order valence-electron chi connectivity index (χ0n) is 16.0. The van der Waals surface area contributed by atoms with Gasteiger partial charge in [-0.2, -0.15) is 0 Å². The van der Waals surface area contributed by atoms with Crippen LogP contribution in [0.1, 0.15) is 16.7 Å². The fourth-order valence-corrected chi connectivity index (χ4v) is 2.79. The highest BCUT2D eigenvalue weighted by atomic mass is 16.7. The molecule has 0 amide bonds. The van der Waals surface area contributed by atoms with Crippen molar-refractivity contribution in [1.29, 1.82) is 0 Å². The van der Waals surface area contributed by atoms with Gasteiger partial charge in [0.1, 0.15) is 0 Å². The number of hydrogen-bond acceptors (Lipinski definition) is 2. The van der Waals surface area contributed by atoms with E-state index in [1.807, 2.05) is 66.7 Å². The summed E-state index contributed by atoms with van der Waals surface area (Å²) in [5.41, 5.74) is 3.53. The summed E-state index contributed by atoms with van der Waals surface area (Å²) in [5, 5.41) is 0. The first-order chi connectivity index (χ1) is 13.9. The third kappa shape index (κ3) is 7.36. The zero-order chi connectivity index (χ0) is 19.3. The van der Waals surface area contributed by atoms with Crippen LogP contribution < -0.4 is 0 Å². The van der Waals surface area contributed by atoms with E-state index in [-0.39, 0.29) is 6.29 Å². The van der Waals surface area contributed by atoms with E-state index in [1.54, 1.807) is 0 Å². The lowest BCUT2D eigenvalue weighted by molar-refractivity contribution is -0.125. The van der Waals surface area contributed by atoms with E-state index in [1.165, 1.54) is 5.56 Å². The van der Waals surface area contributed by atoms with Crippen molar-refractivity contribution in [3.63, 3.8) is 0 Å². The molecule has 0 aliphatic rings. The van der Waals surface area contributed by atoms with E-state index in [9.17, 15) is 0 Å². The molecule has 0 radical (unpaired) electrons. The molecule has 2 nitrogen and oxygen atoms in total.